The maximum absolute atomic E-state index is 12.9. The Morgan fingerprint density at radius 2 is 0.667 bits per heavy atom. The van der Waals surface area contributed by atoms with Crippen LogP contribution in [0.5, 0.6) is 0 Å². The van der Waals surface area contributed by atoms with Gasteiger partial charge < -0.3 is 31.5 Å². The molecule has 4 atom stereocenters. The molecule has 117 heavy (non-hydrogen) atoms. The van der Waals surface area contributed by atoms with Gasteiger partial charge in [0.25, 0.3) is 0 Å². The molecular formula is C95H172N8O14. The van der Waals surface area contributed by atoms with E-state index in [2.05, 4.69) is 68.1 Å². The molecule has 5 N–H and O–H groups in total. The number of carbonyl (C=O) groups excluding carboxylic acids is 14. The predicted octanol–water partition coefficient (Wildman–Crippen LogP) is 15.3. The van der Waals surface area contributed by atoms with Crippen molar-refractivity contribution in [1.29, 1.82) is 0 Å². The van der Waals surface area contributed by atoms with Gasteiger partial charge in [0.05, 0.1) is 56.9 Å². The first-order valence-electron chi connectivity index (χ1n) is 44.5. The molecule has 0 saturated carbocycles. The molecule has 1 aromatic carbocycles. The van der Waals surface area contributed by atoms with Gasteiger partial charge in [-0.05, 0) is 81.8 Å². The normalized spacial score (nSPS) is 12.8. The maximum atomic E-state index is 12.9. The third-order valence-corrected chi connectivity index (χ3v) is 19.7. The summed E-state index contributed by atoms with van der Waals surface area (Å²) in [7, 11) is 0. The molecule has 1 aromatic rings. The average Bonchev–Trinajstić information content (AvgIpc) is 0.837. The number of Topliss-reactive ketones (excluding diaryl/α,β-unsaturated/α-hetero) is 12. The molecule has 22 nitrogen and oxygen atoms in total. The molecule has 0 aliphatic rings. The van der Waals surface area contributed by atoms with E-state index in [4.69, 9.17) is 0 Å². The second-order valence-corrected chi connectivity index (χ2v) is 37.1. The Bertz CT molecular complexity index is 3060. The number of rotatable bonds is 56. The van der Waals surface area contributed by atoms with Gasteiger partial charge in [0.15, 0.2) is 40.5 Å². The number of hydrogen-bond acceptors (Lipinski definition) is 20. The second kappa shape index (κ2) is 63.0. The zero-order chi connectivity index (χ0) is 91.8. The fourth-order valence-corrected chi connectivity index (χ4v) is 11.6. The summed E-state index contributed by atoms with van der Waals surface area (Å²) >= 11 is 0. The minimum Gasteiger partial charge on any atom is -0.346 e. The van der Waals surface area contributed by atoms with Gasteiger partial charge in [-0.15, -0.1) is 0 Å². The summed E-state index contributed by atoms with van der Waals surface area (Å²) in [5.41, 5.74) is 2.37. The SMILES string of the molecule is CC(C)C(=O)CN(CCN(CC(=O)C(C)C)C(=O)C(C)C)CC(=O)C(C)C.CC(C)NC(CCC(=O)NC(CCC(=O)C(C)C)C(=O)C(C)C)C(=O)C(C)C.CC(C)NCCCCC(C(=O)C(C)C)N(CC(=O)C(C)C)CC(=O)C(C)C.CC(C)NCCC[C@H](NC(C)C)C(=O)C(C)C.CCc1cc(C(=O)C(C)C)cc(C(=O)C(C)C)c1. The van der Waals surface area contributed by atoms with Crippen molar-refractivity contribution in [1.82, 2.24) is 41.3 Å². The summed E-state index contributed by atoms with van der Waals surface area (Å²) in [6.45, 7) is 70.2. The predicted molar refractivity (Wildman–Crippen MR) is 480 cm³/mol. The standard InChI is InChI=1S/C22H40N2O4.C22H42N2O3.C21H38N2O4.C16H22O2.C14H30N2O/c1-13(2)19(25)11-9-18(22(28)15(5)6)24-20(26)12-10-17(23-16(7)8)21(27)14(3)4;1-15(2)20(25)13-24(14-21(26)16(3)4)19(22(27)17(5)6)11-9-10-12-23-18(7)8;1-14(2)18(24)11-22(12-19(25)15(3)4)9-10-23(21(27)17(7)8)13-20(26)16(5)6;1-6-12-7-13(15(17)10(2)3)9-14(8-12)16(18)11(4)5;1-10(2)14(17)13(16-12(5)6)8-7-9-15-11(3)4/h13-18,23H,9-12H2,1-8H3,(H,24,26);15-19,23H,9-14H2,1-8H3;14-17H,9-13H2,1-8H3;7-11H,6H2,1-5H3;10-13,15-16H,7-9H2,1-6H3/t;;;;13-/m....0/s1. The lowest BCUT2D eigenvalue weighted by molar-refractivity contribution is -0.139. The minimum atomic E-state index is -0.660. The quantitative estimate of drug-likeness (QED) is 0.0299. The summed E-state index contributed by atoms with van der Waals surface area (Å²) in [6, 6.07) is 5.62. The van der Waals surface area contributed by atoms with E-state index in [0.29, 0.717) is 67.4 Å². The van der Waals surface area contributed by atoms with Gasteiger partial charge in [-0.25, -0.2) is 0 Å². The lowest BCUT2D eigenvalue weighted by atomic mass is 9.92. The van der Waals surface area contributed by atoms with Crippen LogP contribution in [-0.2, 0) is 64.0 Å². The van der Waals surface area contributed by atoms with Crippen LogP contribution in [0.2, 0.25) is 0 Å². The molecule has 0 aromatic heterocycles. The summed E-state index contributed by atoms with van der Waals surface area (Å²) in [5, 5.41) is 16.2. The Hall–Kier alpha value is -6.04. The van der Waals surface area contributed by atoms with Crippen LogP contribution in [-0.4, -0.2) is 203 Å². The van der Waals surface area contributed by atoms with Crippen LogP contribution in [0.1, 0.15) is 326 Å². The van der Waals surface area contributed by atoms with Crippen LogP contribution in [0.3, 0.4) is 0 Å². The van der Waals surface area contributed by atoms with Gasteiger partial charge in [-0.2, -0.15) is 0 Å². The molecule has 0 aliphatic heterocycles. The molecule has 3 unspecified atom stereocenters. The number of aryl methyl sites for hydroxylation is 1. The smallest absolute Gasteiger partial charge is 0.225 e. The van der Waals surface area contributed by atoms with Crippen molar-refractivity contribution in [2.24, 2.45) is 76.9 Å². The Morgan fingerprint density at radius 3 is 1.01 bits per heavy atom. The zero-order valence-electron chi connectivity index (χ0n) is 80.3. The van der Waals surface area contributed by atoms with E-state index in [-0.39, 0.29) is 222 Å². The van der Waals surface area contributed by atoms with Crippen molar-refractivity contribution in [2.75, 3.05) is 58.9 Å². The molecule has 0 aliphatic carbocycles. The monoisotopic (exact) mass is 1650 g/mol. The fraction of sp³-hybridized carbons (Fsp3) is 0.789. The zero-order valence-corrected chi connectivity index (χ0v) is 80.3. The molecule has 676 valence electrons. The van der Waals surface area contributed by atoms with Gasteiger partial charge in [0.1, 0.15) is 28.9 Å². The molecule has 0 spiro atoms. The molecule has 0 bridgehead atoms. The molecule has 0 saturated heterocycles. The summed E-state index contributed by atoms with van der Waals surface area (Å²) in [6.07, 6.45) is 6.48. The van der Waals surface area contributed by atoms with Crippen LogP contribution in [0.25, 0.3) is 0 Å². The number of nitrogens with one attached hydrogen (secondary N) is 5. The van der Waals surface area contributed by atoms with Crippen LogP contribution < -0.4 is 26.6 Å². The number of unbranched alkanes of at least 4 members (excludes halogenated alkanes) is 1. The van der Waals surface area contributed by atoms with E-state index in [1.54, 1.807) is 43.6 Å². The van der Waals surface area contributed by atoms with Crippen molar-refractivity contribution < 1.29 is 67.1 Å². The van der Waals surface area contributed by atoms with Crippen molar-refractivity contribution >= 4 is 81.2 Å². The maximum Gasteiger partial charge on any atom is 0.225 e. The molecule has 22 heteroatoms. The molecular weight excluding hydrogens is 1480 g/mol. The number of benzene rings is 1. The summed E-state index contributed by atoms with van der Waals surface area (Å²) in [4.78, 5) is 177. The third kappa shape index (κ3) is 54.1. The van der Waals surface area contributed by atoms with Crippen molar-refractivity contribution in [3.8, 4) is 0 Å². The van der Waals surface area contributed by atoms with Gasteiger partial charge in [0, 0.05) is 138 Å². The third-order valence-electron chi connectivity index (χ3n) is 19.7. The average molecular weight is 1650 g/mol. The van der Waals surface area contributed by atoms with E-state index >= 15 is 0 Å². The summed E-state index contributed by atoms with van der Waals surface area (Å²) in [5.74, 6) is -0.615. The number of hydrogen-bond donors (Lipinski definition) is 5. The lowest BCUT2D eigenvalue weighted by Gasteiger charge is -2.32. The first kappa shape index (κ1) is 117. The number of nitrogens with zero attached hydrogens (tertiary/aromatic N) is 3. The number of ketones is 12. The van der Waals surface area contributed by atoms with Crippen LogP contribution in [0.15, 0.2) is 18.2 Å². The van der Waals surface area contributed by atoms with Crippen LogP contribution >= 0.6 is 0 Å². The van der Waals surface area contributed by atoms with E-state index < -0.39 is 6.04 Å². The van der Waals surface area contributed by atoms with Gasteiger partial charge >= 0.3 is 0 Å². The van der Waals surface area contributed by atoms with E-state index in [1.165, 1.54) is 0 Å². The minimum absolute atomic E-state index is 0.00654. The van der Waals surface area contributed by atoms with Crippen molar-refractivity contribution in [3.63, 3.8) is 0 Å². The van der Waals surface area contributed by atoms with Gasteiger partial charge in [-0.3, -0.25) is 76.9 Å². The van der Waals surface area contributed by atoms with Gasteiger partial charge in [0.2, 0.25) is 11.8 Å². The highest BCUT2D eigenvalue weighted by Crippen LogP contribution is 2.21. The second-order valence-electron chi connectivity index (χ2n) is 37.1. The first-order valence-corrected chi connectivity index (χ1v) is 44.5. The lowest BCUT2D eigenvalue weighted by Crippen LogP contribution is -2.49. The molecule has 1 rings (SSSR count). The Labute approximate surface area is 711 Å². The highest BCUT2D eigenvalue weighted by molar-refractivity contribution is 6.03. The highest BCUT2D eigenvalue weighted by Gasteiger charge is 2.33. The van der Waals surface area contributed by atoms with Crippen LogP contribution in [0, 0.1) is 76.9 Å². The van der Waals surface area contributed by atoms with Crippen molar-refractivity contribution in [3.05, 3.63) is 34.9 Å². The molecule has 0 radical (unpaired) electrons. The van der Waals surface area contributed by atoms with E-state index in [9.17, 15) is 67.1 Å². The Balaban J connectivity index is -0.000000691. The molecule has 2 amide bonds. The Kier molecular flexibility index (Phi) is 63.1. The summed E-state index contributed by atoms with van der Waals surface area (Å²) < 4.78 is 0. The molecule has 0 heterocycles. The topological polar surface area (TPSA) is 309 Å². The largest absolute Gasteiger partial charge is 0.346 e. The van der Waals surface area contributed by atoms with E-state index in [1.807, 2.05) is 190 Å². The number of amides is 2. The van der Waals surface area contributed by atoms with Crippen molar-refractivity contribution in [2.45, 2.75) is 355 Å². The molecule has 0 fully saturated rings. The van der Waals surface area contributed by atoms with Crippen LogP contribution in [0.4, 0.5) is 0 Å². The first-order chi connectivity index (χ1) is 53.9. The highest BCUT2D eigenvalue weighted by atomic mass is 16.2. The van der Waals surface area contributed by atoms with Gasteiger partial charge in [-0.1, -0.05) is 249 Å². The Morgan fingerprint density at radius 1 is 0.316 bits per heavy atom. The fourth-order valence-electron chi connectivity index (χ4n) is 11.6. The number of carbonyl (C=O) groups is 14. The van der Waals surface area contributed by atoms with E-state index in [0.717, 1.165) is 50.8 Å².